The van der Waals surface area contributed by atoms with E-state index in [1.54, 1.807) is 6.07 Å². The Bertz CT molecular complexity index is 522. The summed E-state index contributed by atoms with van der Waals surface area (Å²) < 4.78 is 13.4. The highest BCUT2D eigenvalue weighted by atomic mass is 19.1. The molecule has 1 aliphatic carbocycles. The molecule has 1 aliphatic rings. The van der Waals surface area contributed by atoms with E-state index in [2.05, 4.69) is 5.32 Å². The first-order chi connectivity index (χ1) is 10.4. The second-order valence-corrected chi connectivity index (χ2v) is 7.13. The Labute approximate surface area is 132 Å². The molecule has 122 valence electrons. The summed E-state index contributed by atoms with van der Waals surface area (Å²) in [6, 6.07) is 6.39. The Balaban J connectivity index is 2.04. The van der Waals surface area contributed by atoms with Crippen molar-refractivity contribution in [1.29, 1.82) is 0 Å². The smallest absolute Gasteiger partial charge is 0.221 e. The lowest BCUT2D eigenvalue weighted by Crippen LogP contribution is -2.45. The third-order valence-electron chi connectivity index (χ3n) is 4.88. The molecule has 22 heavy (non-hydrogen) atoms. The molecule has 0 saturated heterocycles. The molecule has 1 saturated carbocycles. The highest BCUT2D eigenvalue weighted by Gasteiger charge is 2.34. The van der Waals surface area contributed by atoms with Crippen LogP contribution in [0.4, 0.5) is 4.39 Å². The zero-order chi connectivity index (χ0) is 16.2. The molecule has 0 atom stereocenters. The van der Waals surface area contributed by atoms with E-state index in [0.717, 1.165) is 31.2 Å². The second kappa shape index (κ2) is 6.78. The van der Waals surface area contributed by atoms with Gasteiger partial charge >= 0.3 is 0 Å². The van der Waals surface area contributed by atoms with Crippen molar-refractivity contribution in [2.45, 2.75) is 57.9 Å². The van der Waals surface area contributed by atoms with E-state index < -0.39 is 5.54 Å². The summed E-state index contributed by atoms with van der Waals surface area (Å²) in [7, 11) is 0. The number of carbonyl (C=O) groups excluding carboxylic acids is 1. The minimum absolute atomic E-state index is 0.00149. The van der Waals surface area contributed by atoms with Crippen LogP contribution in [0.25, 0.3) is 0 Å². The molecule has 0 aromatic heterocycles. The van der Waals surface area contributed by atoms with E-state index in [1.165, 1.54) is 18.6 Å². The Kier molecular flexibility index (Phi) is 5.22. The Morgan fingerprint density at radius 1 is 1.32 bits per heavy atom. The van der Waals surface area contributed by atoms with Gasteiger partial charge in [0.1, 0.15) is 5.82 Å². The van der Waals surface area contributed by atoms with Crippen LogP contribution < -0.4 is 11.1 Å². The number of nitrogens with one attached hydrogen (secondary N) is 1. The van der Waals surface area contributed by atoms with Crippen LogP contribution in [0, 0.1) is 11.2 Å². The first-order valence-corrected chi connectivity index (χ1v) is 8.14. The summed E-state index contributed by atoms with van der Waals surface area (Å²) in [5.41, 5.74) is 6.07. The fraction of sp³-hybridized carbons (Fsp3) is 0.611. The van der Waals surface area contributed by atoms with Crippen LogP contribution in [0.15, 0.2) is 24.3 Å². The fourth-order valence-electron chi connectivity index (χ4n) is 3.44. The first kappa shape index (κ1) is 16.9. The quantitative estimate of drug-likeness (QED) is 0.875. The van der Waals surface area contributed by atoms with Gasteiger partial charge < -0.3 is 11.1 Å². The number of halogens is 1. The standard InChI is InChI=1S/C18H27FN2O/c1-17(2,14-7-6-8-15(19)11-14)21-16(22)12-18(13-20)9-4-3-5-10-18/h6-8,11H,3-5,9-10,12-13,20H2,1-2H3,(H,21,22). The number of carbonyl (C=O) groups is 1. The molecule has 0 aliphatic heterocycles. The lowest BCUT2D eigenvalue weighted by atomic mass is 9.71. The second-order valence-electron chi connectivity index (χ2n) is 7.13. The Morgan fingerprint density at radius 3 is 2.59 bits per heavy atom. The molecule has 0 bridgehead atoms. The van der Waals surface area contributed by atoms with Gasteiger partial charge in [0.25, 0.3) is 0 Å². The maximum absolute atomic E-state index is 13.4. The third kappa shape index (κ3) is 4.07. The van der Waals surface area contributed by atoms with Gasteiger partial charge in [0.2, 0.25) is 5.91 Å². The number of amides is 1. The van der Waals surface area contributed by atoms with Crippen LogP contribution in [-0.2, 0) is 10.3 Å². The monoisotopic (exact) mass is 306 g/mol. The zero-order valence-electron chi connectivity index (χ0n) is 13.6. The van der Waals surface area contributed by atoms with Crippen molar-refractivity contribution in [1.82, 2.24) is 5.32 Å². The van der Waals surface area contributed by atoms with Crippen molar-refractivity contribution >= 4 is 5.91 Å². The van der Waals surface area contributed by atoms with E-state index in [0.29, 0.717) is 13.0 Å². The zero-order valence-corrected chi connectivity index (χ0v) is 13.6. The van der Waals surface area contributed by atoms with Crippen molar-refractivity contribution in [3.05, 3.63) is 35.6 Å². The average molecular weight is 306 g/mol. The minimum atomic E-state index is -0.594. The topological polar surface area (TPSA) is 55.1 Å². The molecule has 1 fully saturated rings. The van der Waals surface area contributed by atoms with E-state index >= 15 is 0 Å². The molecule has 1 amide bonds. The molecule has 4 heteroatoms. The molecule has 3 N–H and O–H groups in total. The fourth-order valence-corrected chi connectivity index (χ4v) is 3.44. The molecule has 0 unspecified atom stereocenters. The van der Waals surface area contributed by atoms with E-state index in [4.69, 9.17) is 5.73 Å². The highest BCUT2D eigenvalue weighted by Crippen LogP contribution is 2.38. The third-order valence-corrected chi connectivity index (χ3v) is 4.88. The summed E-state index contributed by atoms with van der Waals surface area (Å²) in [6.45, 7) is 4.35. The summed E-state index contributed by atoms with van der Waals surface area (Å²) in [5, 5.41) is 3.05. The first-order valence-electron chi connectivity index (χ1n) is 8.14. The van der Waals surface area contributed by atoms with Crippen LogP contribution in [0.2, 0.25) is 0 Å². The van der Waals surface area contributed by atoms with E-state index in [-0.39, 0.29) is 17.1 Å². The van der Waals surface area contributed by atoms with Crippen LogP contribution >= 0.6 is 0 Å². The molecule has 0 spiro atoms. The van der Waals surface area contributed by atoms with Crippen LogP contribution in [0.1, 0.15) is 57.9 Å². The Morgan fingerprint density at radius 2 is 2.00 bits per heavy atom. The lowest BCUT2D eigenvalue weighted by molar-refractivity contribution is -0.125. The summed E-state index contributed by atoms with van der Waals surface area (Å²) in [6.07, 6.45) is 6.05. The normalized spacial score (nSPS) is 18.0. The van der Waals surface area contributed by atoms with Crippen molar-refractivity contribution in [3.63, 3.8) is 0 Å². The largest absolute Gasteiger partial charge is 0.347 e. The molecular formula is C18H27FN2O. The number of hydrogen-bond acceptors (Lipinski definition) is 2. The number of hydrogen-bond donors (Lipinski definition) is 2. The lowest BCUT2D eigenvalue weighted by Gasteiger charge is -2.37. The van der Waals surface area contributed by atoms with Gasteiger partial charge in [-0.2, -0.15) is 0 Å². The van der Waals surface area contributed by atoms with Gasteiger partial charge in [0, 0.05) is 6.42 Å². The molecular weight excluding hydrogens is 279 g/mol. The molecule has 0 radical (unpaired) electrons. The van der Waals surface area contributed by atoms with E-state index in [9.17, 15) is 9.18 Å². The van der Waals surface area contributed by atoms with Crippen LogP contribution in [0.3, 0.4) is 0 Å². The van der Waals surface area contributed by atoms with Gasteiger partial charge in [0.15, 0.2) is 0 Å². The van der Waals surface area contributed by atoms with Crippen LogP contribution in [0.5, 0.6) is 0 Å². The molecule has 1 aromatic rings. The van der Waals surface area contributed by atoms with Crippen LogP contribution in [-0.4, -0.2) is 12.5 Å². The van der Waals surface area contributed by atoms with Crippen molar-refractivity contribution in [2.24, 2.45) is 11.1 Å². The van der Waals surface area contributed by atoms with E-state index in [1.807, 2.05) is 19.9 Å². The van der Waals surface area contributed by atoms with Gasteiger partial charge in [-0.1, -0.05) is 31.4 Å². The maximum atomic E-state index is 13.4. The summed E-state index contributed by atoms with van der Waals surface area (Å²) in [4.78, 5) is 12.5. The van der Waals surface area contributed by atoms with Gasteiger partial charge in [-0.15, -0.1) is 0 Å². The Hall–Kier alpha value is -1.42. The highest BCUT2D eigenvalue weighted by molar-refractivity contribution is 5.77. The molecule has 0 heterocycles. The molecule has 2 rings (SSSR count). The van der Waals surface area contributed by atoms with Gasteiger partial charge in [-0.3, -0.25) is 4.79 Å². The van der Waals surface area contributed by atoms with Crippen molar-refractivity contribution in [2.75, 3.05) is 6.54 Å². The van der Waals surface area contributed by atoms with Gasteiger partial charge in [-0.25, -0.2) is 4.39 Å². The number of rotatable bonds is 5. The van der Waals surface area contributed by atoms with Gasteiger partial charge in [0.05, 0.1) is 5.54 Å². The SMILES string of the molecule is CC(C)(NC(=O)CC1(CN)CCCCC1)c1cccc(F)c1. The summed E-state index contributed by atoms with van der Waals surface area (Å²) in [5.74, 6) is -0.285. The molecule has 3 nitrogen and oxygen atoms in total. The van der Waals surface area contributed by atoms with Crippen molar-refractivity contribution in [3.8, 4) is 0 Å². The maximum Gasteiger partial charge on any atom is 0.221 e. The summed E-state index contributed by atoms with van der Waals surface area (Å²) >= 11 is 0. The molecule has 1 aromatic carbocycles. The number of benzene rings is 1. The predicted octanol–water partition coefficient (Wildman–Crippen LogP) is 3.48. The minimum Gasteiger partial charge on any atom is -0.347 e. The van der Waals surface area contributed by atoms with Gasteiger partial charge in [-0.05, 0) is 56.3 Å². The predicted molar refractivity (Wildman–Crippen MR) is 86.8 cm³/mol. The average Bonchev–Trinajstić information content (AvgIpc) is 2.47. The number of nitrogens with two attached hydrogens (primary N) is 1. The van der Waals surface area contributed by atoms with Crippen molar-refractivity contribution < 1.29 is 9.18 Å².